The number of carbonyl (C=O) groups is 2. The Morgan fingerprint density at radius 2 is 1.02 bits per heavy atom. The zero-order valence-electron chi connectivity index (χ0n) is 25.1. The number of nitrogens with zero attached hydrogens (tertiary/aromatic N) is 2. The number of hydrogen-bond donors (Lipinski definition) is 0. The van der Waals surface area contributed by atoms with Crippen molar-refractivity contribution in [2.75, 3.05) is 13.1 Å². The third-order valence-corrected chi connectivity index (χ3v) is 15.3. The summed E-state index contributed by atoms with van der Waals surface area (Å²) in [7, 11) is 0. The Hall–Kier alpha value is -0.841. The summed E-state index contributed by atoms with van der Waals surface area (Å²) in [5.74, 6) is -1.17. The topological polar surface area (TPSA) is 40.6 Å². The van der Waals surface area contributed by atoms with Crippen LogP contribution >= 0.6 is 48.0 Å². The van der Waals surface area contributed by atoms with Gasteiger partial charge in [0.1, 0.15) is 0 Å². The summed E-state index contributed by atoms with van der Waals surface area (Å²) in [6.07, 6.45) is 17.0. The van der Waals surface area contributed by atoms with Crippen molar-refractivity contribution < 1.29 is 18.4 Å². The maximum atomic E-state index is 15.1. The molecular formula is C32H38F2N2O2S4Se2. The Balaban J connectivity index is 1.39. The predicted molar refractivity (Wildman–Crippen MR) is 192 cm³/mol. The Labute approximate surface area is 291 Å². The van der Waals surface area contributed by atoms with Gasteiger partial charge < -0.3 is 0 Å². The molecule has 4 rings (SSSR count). The Morgan fingerprint density at radius 1 is 0.659 bits per heavy atom. The van der Waals surface area contributed by atoms with Gasteiger partial charge >= 0.3 is 279 Å². The van der Waals surface area contributed by atoms with Crippen molar-refractivity contribution in [3.63, 3.8) is 0 Å². The van der Waals surface area contributed by atoms with Gasteiger partial charge in [-0.2, -0.15) is 0 Å². The molecule has 2 aromatic rings. The SMILES string of the molecule is CCCCCCCCN1C(=O)/C(=C/c2cc(F)c(-c3[se]c(/C=C4\SC(=S)N(CCCCCCCC)C4=O)cc3F)[se]2)SC1=S. The molecule has 0 unspecified atom stereocenters. The van der Waals surface area contributed by atoms with Gasteiger partial charge in [0.25, 0.3) is 0 Å². The molecule has 44 heavy (non-hydrogen) atoms. The van der Waals surface area contributed by atoms with Crippen molar-refractivity contribution in [3.8, 4) is 8.87 Å². The van der Waals surface area contributed by atoms with E-state index < -0.39 is 40.6 Å². The molecule has 0 aliphatic carbocycles. The summed E-state index contributed by atoms with van der Waals surface area (Å²) in [4.78, 5) is 30.3. The molecule has 0 saturated carbocycles. The second kappa shape index (κ2) is 17.9. The van der Waals surface area contributed by atoms with E-state index in [-0.39, 0.29) is 11.8 Å². The number of thioether (sulfide) groups is 2. The molecular weight excluding hydrogens is 769 g/mol. The summed E-state index contributed by atoms with van der Waals surface area (Å²) in [6, 6.07) is 2.83. The van der Waals surface area contributed by atoms with Crippen molar-refractivity contribution in [2.45, 2.75) is 90.9 Å². The molecule has 0 bridgehead atoms. The van der Waals surface area contributed by atoms with Crippen LogP contribution in [-0.2, 0) is 9.59 Å². The molecule has 4 heterocycles. The molecule has 238 valence electrons. The van der Waals surface area contributed by atoms with Crippen LogP contribution < -0.4 is 0 Å². The number of unbranched alkanes of at least 4 members (excludes halogenated alkanes) is 10. The summed E-state index contributed by atoms with van der Waals surface area (Å²) in [5, 5.41) is 0. The van der Waals surface area contributed by atoms with Crippen LogP contribution in [0.1, 0.15) is 99.8 Å². The van der Waals surface area contributed by atoms with Crippen LogP contribution in [0.25, 0.3) is 21.0 Å². The second-order valence-electron chi connectivity index (χ2n) is 10.9. The number of hydrogen-bond acceptors (Lipinski definition) is 6. The molecule has 2 aliphatic rings. The van der Waals surface area contributed by atoms with E-state index in [1.54, 1.807) is 22.0 Å². The molecule has 4 nitrogen and oxygen atoms in total. The molecule has 2 amide bonds. The van der Waals surface area contributed by atoms with E-state index in [0.29, 0.717) is 49.3 Å². The Morgan fingerprint density at radius 3 is 1.41 bits per heavy atom. The number of rotatable bonds is 17. The van der Waals surface area contributed by atoms with Crippen molar-refractivity contribution in [1.82, 2.24) is 9.80 Å². The van der Waals surface area contributed by atoms with E-state index in [1.165, 1.54) is 74.2 Å². The van der Waals surface area contributed by atoms with E-state index in [2.05, 4.69) is 13.8 Å². The minimum atomic E-state index is -0.482. The van der Waals surface area contributed by atoms with Gasteiger partial charge in [0, 0.05) is 0 Å². The average Bonchev–Trinajstić information content (AvgIpc) is 3.69. The minimum absolute atomic E-state index is 0.132. The normalized spacial score (nSPS) is 17.5. The van der Waals surface area contributed by atoms with Gasteiger partial charge in [-0.05, 0) is 0 Å². The van der Waals surface area contributed by atoms with Crippen LogP contribution in [0.5, 0.6) is 0 Å². The van der Waals surface area contributed by atoms with Crippen LogP contribution in [0.2, 0.25) is 0 Å². The van der Waals surface area contributed by atoms with Crippen molar-refractivity contribution in [2.24, 2.45) is 0 Å². The number of thiocarbonyl (C=S) groups is 2. The summed E-state index contributed by atoms with van der Waals surface area (Å²) in [6.45, 7) is 5.57. The first kappa shape index (κ1) is 36.0. The van der Waals surface area contributed by atoms with Crippen LogP contribution in [0.3, 0.4) is 0 Å². The molecule has 0 radical (unpaired) electrons. The van der Waals surface area contributed by atoms with Gasteiger partial charge in [0.15, 0.2) is 0 Å². The second-order valence-corrected chi connectivity index (χ2v) is 18.8. The molecule has 0 aromatic carbocycles. The van der Waals surface area contributed by atoms with Gasteiger partial charge in [0.05, 0.1) is 0 Å². The zero-order chi connectivity index (χ0) is 31.6. The zero-order valence-corrected chi connectivity index (χ0v) is 31.8. The third-order valence-electron chi connectivity index (χ3n) is 7.38. The van der Waals surface area contributed by atoms with Crippen LogP contribution in [0.4, 0.5) is 8.78 Å². The van der Waals surface area contributed by atoms with E-state index in [0.717, 1.165) is 38.5 Å². The Kier molecular flexibility index (Phi) is 14.6. The molecule has 2 saturated heterocycles. The van der Waals surface area contributed by atoms with Crippen molar-refractivity contribution >= 4 is 110 Å². The molecule has 0 spiro atoms. The number of carbonyl (C=O) groups excluding carboxylic acids is 2. The molecule has 0 atom stereocenters. The molecule has 12 heteroatoms. The van der Waals surface area contributed by atoms with Gasteiger partial charge in [-0.15, -0.1) is 0 Å². The fourth-order valence-electron chi connectivity index (χ4n) is 4.97. The third kappa shape index (κ3) is 9.60. The first-order valence-corrected chi connectivity index (χ1v) is 21.2. The summed E-state index contributed by atoms with van der Waals surface area (Å²) >= 11 is 12.5. The summed E-state index contributed by atoms with van der Waals surface area (Å²) < 4.78 is 33.5. The summed E-state index contributed by atoms with van der Waals surface area (Å²) in [5.41, 5.74) is 0. The Bertz CT molecular complexity index is 1330. The number of halogens is 2. The van der Waals surface area contributed by atoms with Crippen molar-refractivity contribution in [3.05, 3.63) is 42.5 Å². The molecule has 2 fully saturated rings. The van der Waals surface area contributed by atoms with Crippen molar-refractivity contribution in [1.29, 1.82) is 0 Å². The molecule has 2 aliphatic heterocycles. The molecule has 2 aromatic heterocycles. The maximum absolute atomic E-state index is 15.1. The fourth-order valence-corrected chi connectivity index (χ4v) is 12.7. The molecule has 0 N–H and O–H groups in total. The average molecular weight is 807 g/mol. The van der Waals surface area contributed by atoms with E-state index in [4.69, 9.17) is 24.4 Å². The van der Waals surface area contributed by atoms with Gasteiger partial charge in [-0.1, -0.05) is 13.8 Å². The predicted octanol–water partition coefficient (Wildman–Crippen LogP) is 8.87. The monoisotopic (exact) mass is 808 g/mol. The standard InChI is InChI=1S/C32H38F2N2O2S4Se2/c1-3-5-7-9-11-13-15-35-29(37)25(41-31(35)39)19-21-17-23(33)27(43-21)28-24(34)18-22(44-28)20-26-30(38)36(32(40)42-26)16-14-12-10-8-6-4-2/h17-20H,3-16H2,1-2H3/b25-19-,26-20-. The fraction of sp³-hybridized carbons (Fsp3) is 0.500. The first-order valence-electron chi connectivity index (χ1n) is 15.3. The van der Waals surface area contributed by atoms with Crippen LogP contribution in [0.15, 0.2) is 21.9 Å². The van der Waals surface area contributed by atoms with Crippen LogP contribution in [0, 0.1) is 11.6 Å². The van der Waals surface area contributed by atoms with E-state index in [9.17, 15) is 9.59 Å². The van der Waals surface area contributed by atoms with E-state index in [1.807, 2.05) is 0 Å². The quantitative estimate of drug-likeness (QED) is 0.0689. The van der Waals surface area contributed by atoms with Crippen LogP contribution in [-0.4, -0.2) is 72.4 Å². The first-order chi connectivity index (χ1) is 21.2. The van der Waals surface area contributed by atoms with Gasteiger partial charge in [-0.3, -0.25) is 0 Å². The van der Waals surface area contributed by atoms with E-state index >= 15 is 8.78 Å². The van der Waals surface area contributed by atoms with Gasteiger partial charge in [-0.25, -0.2) is 0 Å². The number of amides is 2. The van der Waals surface area contributed by atoms with Gasteiger partial charge in [0.2, 0.25) is 0 Å².